The molecule has 0 radical (unpaired) electrons. The van der Waals surface area contributed by atoms with Crippen LogP contribution in [-0.2, 0) is 4.79 Å². The van der Waals surface area contributed by atoms with Crippen LogP contribution in [0.2, 0.25) is 25.2 Å². The number of rotatable bonds is 15. The molecule has 3 nitrogen and oxygen atoms in total. The Morgan fingerprint density at radius 1 is 0.828 bits per heavy atom. The predicted molar refractivity (Wildman–Crippen MR) is 127 cm³/mol. The van der Waals surface area contributed by atoms with Crippen LogP contribution >= 0.6 is 0 Å². The molecular formula is C25H43NO2Si. The highest BCUT2D eigenvalue weighted by Gasteiger charge is 2.19. The van der Waals surface area contributed by atoms with E-state index in [2.05, 4.69) is 25.3 Å². The summed E-state index contributed by atoms with van der Waals surface area (Å²) in [5, 5.41) is 2.53. The number of hydrogen-bond donors (Lipinski definition) is 1. The van der Waals surface area contributed by atoms with Crippen molar-refractivity contribution < 1.29 is 9.59 Å². The fourth-order valence-electron chi connectivity index (χ4n) is 3.84. The summed E-state index contributed by atoms with van der Waals surface area (Å²) in [5.41, 5.74) is 1.48. The number of imide groups is 1. The Kier molecular flexibility index (Phi) is 12.8. The standard InChI is InChI=1S/C25H43NO2Si/c1-5-6-7-8-9-10-11-15-20-29(3,4)21-16-14-19-24(27)26-25(28)23-18-13-12-17-22(23)2/h12-13,17-18H,5-11,14-16,19-21H2,1-4H3,(H,26,27,28). The maximum atomic E-state index is 12.2. The average Bonchev–Trinajstić information content (AvgIpc) is 2.67. The number of hydrogen-bond acceptors (Lipinski definition) is 2. The Bertz CT molecular complexity index is 613. The molecule has 0 aromatic heterocycles. The average molecular weight is 418 g/mol. The van der Waals surface area contributed by atoms with Crippen LogP contribution in [0.3, 0.4) is 0 Å². The fraction of sp³-hybridized carbons (Fsp3) is 0.680. The summed E-state index contributed by atoms with van der Waals surface area (Å²) in [6.07, 6.45) is 13.5. The first-order valence-electron chi connectivity index (χ1n) is 11.8. The summed E-state index contributed by atoms with van der Waals surface area (Å²) in [6.45, 7) is 9.12. The molecule has 0 saturated heterocycles. The number of carbonyl (C=O) groups excluding carboxylic acids is 2. The van der Waals surface area contributed by atoms with Gasteiger partial charge in [-0.3, -0.25) is 14.9 Å². The highest BCUT2D eigenvalue weighted by Crippen LogP contribution is 2.23. The molecule has 0 spiro atoms. The largest absolute Gasteiger partial charge is 0.292 e. The lowest BCUT2D eigenvalue weighted by Crippen LogP contribution is -2.31. The van der Waals surface area contributed by atoms with E-state index in [9.17, 15) is 9.59 Å². The number of nitrogens with one attached hydrogen (secondary N) is 1. The van der Waals surface area contributed by atoms with Gasteiger partial charge >= 0.3 is 0 Å². The number of unbranched alkanes of at least 4 members (excludes halogenated alkanes) is 8. The van der Waals surface area contributed by atoms with Crippen molar-refractivity contribution in [3.8, 4) is 0 Å². The molecule has 1 aromatic carbocycles. The lowest BCUT2D eigenvalue weighted by atomic mass is 10.1. The van der Waals surface area contributed by atoms with Gasteiger partial charge in [0.15, 0.2) is 0 Å². The van der Waals surface area contributed by atoms with Gasteiger partial charge in [-0.15, -0.1) is 0 Å². The first-order valence-corrected chi connectivity index (χ1v) is 15.2. The van der Waals surface area contributed by atoms with Crippen molar-refractivity contribution >= 4 is 19.9 Å². The lowest BCUT2D eigenvalue weighted by Gasteiger charge is -2.22. The highest BCUT2D eigenvalue weighted by atomic mass is 28.3. The zero-order valence-electron chi connectivity index (χ0n) is 19.3. The Morgan fingerprint density at radius 3 is 2.00 bits per heavy atom. The minimum absolute atomic E-state index is 0.152. The van der Waals surface area contributed by atoms with Crippen LogP contribution in [0, 0.1) is 6.92 Å². The Morgan fingerprint density at radius 2 is 1.38 bits per heavy atom. The van der Waals surface area contributed by atoms with Gasteiger partial charge in [0.2, 0.25) is 5.91 Å². The molecule has 0 heterocycles. The maximum absolute atomic E-state index is 12.2. The van der Waals surface area contributed by atoms with Crippen molar-refractivity contribution in [3.63, 3.8) is 0 Å². The number of amides is 2. The molecule has 164 valence electrons. The molecule has 29 heavy (non-hydrogen) atoms. The SMILES string of the molecule is CCCCCCCCCC[Si](C)(C)CCCCC(=O)NC(=O)c1ccccc1C. The van der Waals surface area contributed by atoms with Crippen LogP contribution in [0.1, 0.15) is 93.5 Å². The van der Waals surface area contributed by atoms with E-state index in [0.29, 0.717) is 12.0 Å². The first kappa shape index (κ1) is 25.6. The van der Waals surface area contributed by atoms with Gasteiger partial charge in [0.25, 0.3) is 5.91 Å². The Labute approximate surface area is 180 Å². The molecule has 0 aliphatic heterocycles. The van der Waals surface area contributed by atoms with E-state index in [4.69, 9.17) is 0 Å². The second-order valence-corrected chi connectivity index (χ2v) is 14.6. The molecule has 0 fully saturated rings. The summed E-state index contributed by atoms with van der Waals surface area (Å²) in [5.74, 6) is -0.432. The van der Waals surface area contributed by atoms with Crippen LogP contribution in [0.4, 0.5) is 0 Å². The first-order chi connectivity index (χ1) is 13.9. The summed E-state index contributed by atoms with van der Waals surface area (Å²) in [7, 11) is -1.15. The molecule has 0 saturated carbocycles. The molecule has 0 bridgehead atoms. The second-order valence-electron chi connectivity index (χ2n) is 9.29. The summed E-state index contributed by atoms with van der Waals surface area (Å²) >= 11 is 0. The van der Waals surface area contributed by atoms with Gasteiger partial charge in [-0.2, -0.15) is 0 Å². The van der Waals surface area contributed by atoms with Crippen LogP contribution in [0.15, 0.2) is 24.3 Å². The summed E-state index contributed by atoms with van der Waals surface area (Å²) < 4.78 is 0. The topological polar surface area (TPSA) is 46.2 Å². The van der Waals surface area contributed by atoms with Gasteiger partial charge in [-0.25, -0.2) is 0 Å². The fourth-order valence-corrected chi connectivity index (χ4v) is 6.50. The zero-order chi connectivity index (χ0) is 21.5. The summed E-state index contributed by atoms with van der Waals surface area (Å²) in [4.78, 5) is 24.3. The van der Waals surface area contributed by atoms with Crippen molar-refractivity contribution in [3.05, 3.63) is 35.4 Å². The maximum Gasteiger partial charge on any atom is 0.258 e. The predicted octanol–water partition coefficient (Wildman–Crippen LogP) is 7.27. The van der Waals surface area contributed by atoms with Gasteiger partial charge in [-0.1, -0.05) is 108 Å². The van der Waals surface area contributed by atoms with Crippen LogP contribution in [0.25, 0.3) is 0 Å². The van der Waals surface area contributed by atoms with Gasteiger partial charge in [0.05, 0.1) is 0 Å². The van der Waals surface area contributed by atoms with Crippen molar-refractivity contribution in [2.45, 2.75) is 110 Å². The number of benzene rings is 1. The van der Waals surface area contributed by atoms with Crippen LogP contribution in [-0.4, -0.2) is 19.9 Å². The van der Waals surface area contributed by atoms with Crippen molar-refractivity contribution in [1.82, 2.24) is 5.32 Å². The van der Waals surface area contributed by atoms with E-state index in [1.807, 2.05) is 25.1 Å². The third-order valence-electron chi connectivity index (χ3n) is 5.86. The smallest absolute Gasteiger partial charge is 0.258 e. The third kappa shape index (κ3) is 12.0. The van der Waals surface area contributed by atoms with E-state index < -0.39 is 8.07 Å². The minimum Gasteiger partial charge on any atom is -0.292 e. The van der Waals surface area contributed by atoms with Gasteiger partial charge in [-0.05, 0) is 25.0 Å². The van der Waals surface area contributed by atoms with E-state index in [-0.39, 0.29) is 11.8 Å². The van der Waals surface area contributed by atoms with E-state index >= 15 is 0 Å². The van der Waals surface area contributed by atoms with Gasteiger partial charge < -0.3 is 0 Å². The molecule has 1 N–H and O–H groups in total. The number of aryl methyl sites for hydroxylation is 1. The van der Waals surface area contributed by atoms with E-state index in [0.717, 1.165) is 18.4 Å². The van der Waals surface area contributed by atoms with E-state index in [1.54, 1.807) is 6.07 Å². The zero-order valence-corrected chi connectivity index (χ0v) is 20.3. The molecule has 0 aliphatic rings. The number of carbonyl (C=O) groups is 2. The minimum atomic E-state index is -1.15. The van der Waals surface area contributed by atoms with Crippen molar-refractivity contribution in [2.75, 3.05) is 0 Å². The van der Waals surface area contributed by atoms with Crippen LogP contribution in [0.5, 0.6) is 0 Å². The Hall–Kier alpha value is -1.42. The summed E-state index contributed by atoms with van der Waals surface area (Å²) in [6, 6.07) is 10.1. The monoisotopic (exact) mass is 417 g/mol. The lowest BCUT2D eigenvalue weighted by molar-refractivity contribution is -0.120. The molecule has 0 aliphatic carbocycles. The molecular weight excluding hydrogens is 374 g/mol. The molecule has 1 aromatic rings. The second kappa shape index (κ2) is 14.5. The Balaban J connectivity index is 2.12. The quantitative estimate of drug-likeness (QED) is 0.241. The highest BCUT2D eigenvalue weighted by molar-refractivity contribution is 6.77. The van der Waals surface area contributed by atoms with Gasteiger partial charge in [0.1, 0.15) is 0 Å². The van der Waals surface area contributed by atoms with Crippen molar-refractivity contribution in [2.24, 2.45) is 0 Å². The third-order valence-corrected chi connectivity index (χ3v) is 9.27. The van der Waals surface area contributed by atoms with Gasteiger partial charge in [0, 0.05) is 20.1 Å². The van der Waals surface area contributed by atoms with Crippen LogP contribution < -0.4 is 5.32 Å². The molecule has 2 amide bonds. The normalized spacial score (nSPS) is 11.4. The van der Waals surface area contributed by atoms with E-state index in [1.165, 1.54) is 63.5 Å². The van der Waals surface area contributed by atoms with Crippen molar-refractivity contribution in [1.29, 1.82) is 0 Å². The molecule has 0 unspecified atom stereocenters. The molecule has 1 rings (SSSR count). The molecule has 0 atom stereocenters. The molecule has 4 heteroatoms.